The lowest BCUT2D eigenvalue weighted by Crippen LogP contribution is -2.22. The Bertz CT molecular complexity index is 755. The molecule has 2 N–H and O–H groups in total. The summed E-state index contributed by atoms with van der Waals surface area (Å²) in [6, 6.07) is 12.7. The van der Waals surface area contributed by atoms with Gasteiger partial charge in [-0.3, -0.25) is 9.59 Å². The second-order valence-electron chi connectivity index (χ2n) is 5.86. The number of hydrogen-bond donors (Lipinski definition) is 2. The molecule has 0 aliphatic rings. The number of rotatable bonds is 9. The Hall–Kier alpha value is -3.02. The van der Waals surface area contributed by atoms with Gasteiger partial charge in [0.2, 0.25) is 0 Å². The molecule has 0 radical (unpaired) electrons. The number of carboxylic acid groups (broad SMARTS) is 1. The lowest BCUT2D eigenvalue weighted by molar-refractivity contribution is -0.137. The molecule has 0 saturated heterocycles. The maximum atomic E-state index is 12.3. The highest BCUT2D eigenvalue weighted by Crippen LogP contribution is 2.19. The van der Waals surface area contributed by atoms with Crippen LogP contribution in [-0.4, -0.2) is 30.7 Å². The van der Waals surface area contributed by atoms with Crippen molar-refractivity contribution in [2.75, 3.05) is 13.7 Å². The van der Waals surface area contributed by atoms with Gasteiger partial charge in [-0.25, -0.2) is 0 Å². The number of methoxy groups -OCH3 is 1. The second kappa shape index (κ2) is 9.46. The molecule has 26 heavy (non-hydrogen) atoms. The van der Waals surface area contributed by atoms with Gasteiger partial charge < -0.3 is 19.9 Å². The Morgan fingerprint density at radius 3 is 2.50 bits per heavy atom. The standard InChI is InChI=1S/C20H23NO5/c1-14-5-8-16(12-18(14)25-2)20(24)21-13-15-6-9-17(10-7-15)26-11-3-4-19(22)23/h5-10,12H,3-4,11,13H2,1-2H3,(H,21,24)(H,22,23). The van der Waals surface area contributed by atoms with Crippen molar-refractivity contribution in [1.82, 2.24) is 5.32 Å². The van der Waals surface area contributed by atoms with Crippen LogP contribution in [0.3, 0.4) is 0 Å². The van der Waals surface area contributed by atoms with Crippen molar-refractivity contribution in [3.63, 3.8) is 0 Å². The molecule has 2 rings (SSSR count). The van der Waals surface area contributed by atoms with Gasteiger partial charge >= 0.3 is 5.97 Å². The third-order valence-electron chi connectivity index (χ3n) is 3.85. The van der Waals surface area contributed by atoms with E-state index in [1.54, 1.807) is 31.4 Å². The smallest absolute Gasteiger partial charge is 0.303 e. The van der Waals surface area contributed by atoms with E-state index in [9.17, 15) is 9.59 Å². The molecule has 6 heteroatoms. The van der Waals surface area contributed by atoms with Crippen molar-refractivity contribution < 1.29 is 24.2 Å². The molecule has 6 nitrogen and oxygen atoms in total. The van der Waals surface area contributed by atoms with Crippen LogP contribution in [0.2, 0.25) is 0 Å². The maximum Gasteiger partial charge on any atom is 0.303 e. The number of aliphatic carboxylic acids is 1. The molecule has 0 atom stereocenters. The highest BCUT2D eigenvalue weighted by molar-refractivity contribution is 5.94. The summed E-state index contributed by atoms with van der Waals surface area (Å²) in [4.78, 5) is 22.7. The topological polar surface area (TPSA) is 84.9 Å². The summed E-state index contributed by atoms with van der Waals surface area (Å²) < 4.78 is 10.7. The number of amides is 1. The summed E-state index contributed by atoms with van der Waals surface area (Å²) in [5.41, 5.74) is 2.46. The van der Waals surface area contributed by atoms with E-state index in [1.165, 1.54) is 0 Å². The van der Waals surface area contributed by atoms with Gasteiger partial charge in [0.25, 0.3) is 5.91 Å². The third-order valence-corrected chi connectivity index (χ3v) is 3.85. The van der Waals surface area contributed by atoms with Crippen LogP contribution in [0.4, 0.5) is 0 Å². The van der Waals surface area contributed by atoms with Crippen LogP contribution >= 0.6 is 0 Å². The fraction of sp³-hybridized carbons (Fsp3) is 0.300. The highest BCUT2D eigenvalue weighted by Gasteiger charge is 2.08. The van der Waals surface area contributed by atoms with E-state index in [4.69, 9.17) is 14.6 Å². The summed E-state index contributed by atoms with van der Waals surface area (Å²) in [7, 11) is 1.58. The average molecular weight is 357 g/mol. The summed E-state index contributed by atoms with van der Waals surface area (Å²) in [6.07, 6.45) is 0.557. The zero-order chi connectivity index (χ0) is 18.9. The maximum absolute atomic E-state index is 12.3. The average Bonchev–Trinajstić information content (AvgIpc) is 2.64. The molecule has 0 aliphatic heterocycles. The van der Waals surface area contributed by atoms with Gasteiger partial charge in [0.05, 0.1) is 13.7 Å². The molecular weight excluding hydrogens is 334 g/mol. The predicted octanol–water partition coefficient (Wildman–Crippen LogP) is 3.18. The number of benzene rings is 2. The first kappa shape index (κ1) is 19.3. The van der Waals surface area contributed by atoms with Gasteiger partial charge in [-0.05, 0) is 48.7 Å². The second-order valence-corrected chi connectivity index (χ2v) is 5.86. The van der Waals surface area contributed by atoms with Crippen molar-refractivity contribution in [2.24, 2.45) is 0 Å². The fourth-order valence-electron chi connectivity index (χ4n) is 2.36. The largest absolute Gasteiger partial charge is 0.496 e. The first-order chi connectivity index (χ1) is 12.5. The van der Waals surface area contributed by atoms with Crippen molar-refractivity contribution in [2.45, 2.75) is 26.3 Å². The molecule has 138 valence electrons. The molecule has 0 spiro atoms. The minimum absolute atomic E-state index is 0.0912. The highest BCUT2D eigenvalue weighted by atomic mass is 16.5. The van der Waals surface area contributed by atoms with Crippen LogP contribution < -0.4 is 14.8 Å². The Morgan fingerprint density at radius 2 is 1.85 bits per heavy atom. The van der Waals surface area contributed by atoms with E-state index >= 15 is 0 Å². The van der Waals surface area contributed by atoms with Crippen molar-refractivity contribution >= 4 is 11.9 Å². The molecular formula is C20H23NO5. The van der Waals surface area contributed by atoms with Crippen molar-refractivity contribution in [1.29, 1.82) is 0 Å². The van der Waals surface area contributed by atoms with Gasteiger partial charge in [-0.1, -0.05) is 18.2 Å². The van der Waals surface area contributed by atoms with Crippen LogP contribution in [0.25, 0.3) is 0 Å². The quantitative estimate of drug-likeness (QED) is 0.673. The Balaban J connectivity index is 1.83. The van der Waals surface area contributed by atoms with E-state index in [0.717, 1.165) is 11.1 Å². The van der Waals surface area contributed by atoms with E-state index in [-0.39, 0.29) is 12.3 Å². The van der Waals surface area contributed by atoms with Crippen molar-refractivity contribution in [3.05, 3.63) is 59.2 Å². The molecule has 0 saturated carbocycles. The SMILES string of the molecule is COc1cc(C(=O)NCc2ccc(OCCCC(=O)O)cc2)ccc1C. The van der Waals surface area contributed by atoms with Crippen LogP contribution in [0, 0.1) is 6.92 Å². The van der Waals surface area contributed by atoms with Crippen LogP contribution in [-0.2, 0) is 11.3 Å². The number of carboxylic acids is 1. The van der Waals surface area contributed by atoms with E-state index in [0.29, 0.717) is 36.6 Å². The lowest BCUT2D eigenvalue weighted by atomic mass is 10.1. The summed E-state index contributed by atoms with van der Waals surface area (Å²) in [5.74, 6) is 0.360. The fourth-order valence-corrected chi connectivity index (χ4v) is 2.36. The first-order valence-corrected chi connectivity index (χ1v) is 8.36. The lowest BCUT2D eigenvalue weighted by Gasteiger charge is -2.10. The molecule has 0 bridgehead atoms. The zero-order valence-corrected chi connectivity index (χ0v) is 15.0. The summed E-state index contributed by atoms with van der Waals surface area (Å²) in [5, 5.41) is 11.4. The molecule has 2 aromatic carbocycles. The van der Waals surface area contributed by atoms with Gasteiger partial charge in [-0.2, -0.15) is 0 Å². The number of ether oxygens (including phenoxy) is 2. The van der Waals surface area contributed by atoms with E-state index in [2.05, 4.69) is 5.32 Å². The molecule has 0 aliphatic carbocycles. The minimum atomic E-state index is -0.828. The molecule has 0 fully saturated rings. The number of carbonyl (C=O) groups excluding carboxylic acids is 1. The molecule has 1 amide bonds. The van der Waals surface area contributed by atoms with Crippen LogP contribution in [0.1, 0.15) is 34.3 Å². The number of hydrogen-bond acceptors (Lipinski definition) is 4. The predicted molar refractivity (Wildman–Crippen MR) is 97.7 cm³/mol. The summed E-state index contributed by atoms with van der Waals surface area (Å²) >= 11 is 0. The normalized spacial score (nSPS) is 10.2. The summed E-state index contributed by atoms with van der Waals surface area (Å²) in [6.45, 7) is 2.68. The Kier molecular flexibility index (Phi) is 7.02. The Morgan fingerprint density at radius 1 is 1.12 bits per heavy atom. The Labute approximate surface area is 152 Å². The van der Waals surface area contributed by atoms with Crippen molar-refractivity contribution in [3.8, 4) is 11.5 Å². The molecule has 0 heterocycles. The molecule has 0 aromatic heterocycles. The van der Waals surface area contributed by atoms with Crippen LogP contribution in [0.5, 0.6) is 11.5 Å². The number of carbonyl (C=O) groups is 2. The van der Waals surface area contributed by atoms with Gasteiger partial charge in [0.15, 0.2) is 0 Å². The minimum Gasteiger partial charge on any atom is -0.496 e. The van der Waals surface area contributed by atoms with Crippen LogP contribution in [0.15, 0.2) is 42.5 Å². The van der Waals surface area contributed by atoms with E-state index in [1.807, 2.05) is 25.1 Å². The zero-order valence-electron chi connectivity index (χ0n) is 15.0. The van der Waals surface area contributed by atoms with Gasteiger partial charge in [-0.15, -0.1) is 0 Å². The van der Waals surface area contributed by atoms with Gasteiger partial charge in [0.1, 0.15) is 11.5 Å². The third kappa shape index (κ3) is 5.81. The molecule has 0 unspecified atom stereocenters. The van der Waals surface area contributed by atoms with Gasteiger partial charge in [0, 0.05) is 18.5 Å². The first-order valence-electron chi connectivity index (χ1n) is 8.36. The number of aryl methyl sites for hydroxylation is 1. The van der Waals surface area contributed by atoms with E-state index < -0.39 is 5.97 Å². The molecule has 2 aromatic rings. The number of nitrogens with one attached hydrogen (secondary N) is 1. The monoisotopic (exact) mass is 357 g/mol.